The molecule has 0 spiro atoms. The number of aromatic nitrogens is 1. The average molecular weight is 199 g/mol. The van der Waals surface area contributed by atoms with Gasteiger partial charge in [0.15, 0.2) is 0 Å². The summed E-state index contributed by atoms with van der Waals surface area (Å²) >= 11 is 0. The Morgan fingerprint density at radius 1 is 1.47 bits per heavy atom. The van der Waals surface area contributed by atoms with Crippen molar-refractivity contribution < 1.29 is 4.42 Å². The lowest BCUT2D eigenvalue weighted by Gasteiger charge is -2.05. The minimum absolute atomic E-state index is 0.591. The Hall–Kier alpha value is -2.28. The highest BCUT2D eigenvalue weighted by molar-refractivity contribution is 5.55. The number of anilines is 1. The molecule has 0 radical (unpaired) electrons. The average Bonchev–Trinajstić information content (AvgIpc) is 2.79. The number of nitrogens with zero attached hydrogens (tertiary/aromatic N) is 2. The topological polar surface area (TPSA) is 61.9 Å². The fourth-order valence-corrected chi connectivity index (χ4v) is 1.22. The van der Waals surface area contributed by atoms with E-state index in [4.69, 9.17) is 9.68 Å². The van der Waals surface area contributed by atoms with Gasteiger partial charge in [-0.1, -0.05) is 0 Å². The van der Waals surface area contributed by atoms with E-state index < -0.39 is 0 Å². The molecule has 0 aliphatic carbocycles. The summed E-state index contributed by atoms with van der Waals surface area (Å²) in [6.45, 7) is 0.622. The largest absolute Gasteiger partial charge is 0.472 e. The van der Waals surface area contributed by atoms with Crippen LogP contribution >= 0.6 is 0 Å². The Morgan fingerprint density at radius 2 is 2.40 bits per heavy atom. The lowest BCUT2D eigenvalue weighted by molar-refractivity contribution is 0.564. The lowest BCUT2D eigenvalue weighted by atomic mass is 10.2. The molecule has 0 aliphatic heterocycles. The van der Waals surface area contributed by atoms with Crippen LogP contribution in [0, 0.1) is 11.3 Å². The maximum Gasteiger partial charge on any atom is 0.101 e. The molecule has 2 rings (SSSR count). The molecule has 0 saturated carbocycles. The van der Waals surface area contributed by atoms with Crippen LogP contribution in [-0.2, 0) is 6.54 Å². The summed E-state index contributed by atoms with van der Waals surface area (Å²) in [5.41, 5.74) is 2.36. The van der Waals surface area contributed by atoms with Gasteiger partial charge in [-0.05, 0) is 12.1 Å². The van der Waals surface area contributed by atoms with E-state index in [1.165, 1.54) is 0 Å². The van der Waals surface area contributed by atoms with Crippen molar-refractivity contribution in [2.24, 2.45) is 0 Å². The van der Waals surface area contributed by atoms with Crippen LogP contribution in [0.3, 0.4) is 0 Å². The third-order valence-corrected chi connectivity index (χ3v) is 2.00. The number of hydrogen-bond acceptors (Lipinski definition) is 4. The number of nitriles is 1. The molecule has 0 aromatic carbocycles. The molecule has 4 nitrogen and oxygen atoms in total. The summed E-state index contributed by atoms with van der Waals surface area (Å²) in [7, 11) is 0. The minimum atomic E-state index is 0.591. The third kappa shape index (κ3) is 2.15. The maximum atomic E-state index is 8.84. The van der Waals surface area contributed by atoms with Gasteiger partial charge in [0.25, 0.3) is 0 Å². The van der Waals surface area contributed by atoms with Gasteiger partial charge in [-0.25, -0.2) is 0 Å². The summed E-state index contributed by atoms with van der Waals surface area (Å²) in [6, 6.07) is 5.65. The quantitative estimate of drug-likeness (QED) is 0.822. The summed E-state index contributed by atoms with van der Waals surface area (Å²) < 4.78 is 4.94. The Morgan fingerprint density at radius 3 is 3.13 bits per heavy atom. The second-order valence-corrected chi connectivity index (χ2v) is 3.02. The van der Waals surface area contributed by atoms with E-state index in [-0.39, 0.29) is 0 Å². The fourth-order valence-electron chi connectivity index (χ4n) is 1.22. The van der Waals surface area contributed by atoms with Gasteiger partial charge in [0.2, 0.25) is 0 Å². The summed E-state index contributed by atoms with van der Waals surface area (Å²) in [4.78, 5) is 3.96. The van der Waals surface area contributed by atoms with Crippen LogP contribution in [0.2, 0.25) is 0 Å². The minimum Gasteiger partial charge on any atom is -0.472 e. The predicted octanol–water partition coefficient (Wildman–Crippen LogP) is 2.16. The standard InChI is InChI=1S/C11H9N3O/c12-5-10-1-3-13-7-11(10)14-6-9-2-4-15-8-9/h1-4,7-8,14H,6H2. The van der Waals surface area contributed by atoms with E-state index in [1.54, 1.807) is 31.0 Å². The molecular weight excluding hydrogens is 190 g/mol. The highest BCUT2D eigenvalue weighted by Gasteiger charge is 2.00. The van der Waals surface area contributed by atoms with Crippen molar-refractivity contribution in [3.05, 3.63) is 48.2 Å². The molecule has 4 heteroatoms. The van der Waals surface area contributed by atoms with Crippen molar-refractivity contribution in [1.82, 2.24) is 4.98 Å². The van der Waals surface area contributed by atoms with Crippen LogP contribution < -0.4 is 5.32 Å². The van der Waals surface area contributed by atoms with E-state index in [0.717, 1.165) is 11.3 Å². The first-order chi connectivity index (χ1) is 7.40. The van der Waals surface area contributed by atoms with Crippen LogP contribution in [0.4, 0.5) is 5.69 Å². The zero-order chi connectivity index (χ0) is 10.5. The molecule has 15 heavy (non-hydrogen) atoms. The van der Waals surface area contributed by atoms with Gasteiger partial charge in [0, 0.05) is 18.3 Å². The molecule has 2 aromatic rings. The van der Waals surface area contributed by atoms with Crippen molar-refractivity contribution in [3.8, 4) is 6.07 Å². The lowest BCUT2D eigenvalue weighted by Crippen LogP contribution is -2.00. The number of nitrogens with one attached hydrogen (secondary N) is 1. The van der Waals surface area contributed by atoms with Crippen molar-refractivity contribution in [1.29, 1.82) is 5.26 Å². The van der Waals surface area contributed by atoms with Crippen molar-refractivity contribution in [2.45, 2.75) is 6.54 Å². The first-order valence-electron chi connectivity index (χ1n) is 4.49. The van der Waals surface area contributed by atoms with E-state index >= 15 is 0 Å². The molecule has 74 valence electrons. The van der Waals surface area contributed by atoms with Gasteiger partial charge in [-0.2, -0.15) is 5.26 Å². The fraction of sp³-hybridized carbons (Fsp3) is 0.0909. The summed E-state index contributed by atoms with van der Waals surface area (Å²) in [6.07, 6.45) is 6.51. The summed E-state index contributed by atoms with van der Waals surface area (Å²) in [5, 5.41) is 12.0. The zero-order valence-electron chi connectivity index (χ0n) is 7.97. The highest BCUT2D eigenvalue weighted by Crippen LogP contribution is 2.13. The van der Waals surface area contributed by atoms with Gasteiger partial charge >= 0.3 is 0 Å². The molecule has 0 unspecified atom stereocenters. The molecule has 0 fully saturated rings. The first-order valence-corrected chi connectivity index (χ1v) is 4.49. The normalized spacial score (nSPS) is 9.53. The van der Waals surface area contributed by atoms with E-state index in [1.807, 2.05) is 6.07 Å². The van der Waals surface area contributed by atoms with Gasteiger partial charge in [0.05, 0.1) is 30.0 Å². The van der Waals surface area contributed by atoms with Gasteiger partial charge < -0.3 is 9.73 Å². The van der Waals surface area contributed by atoms with Crippen LogP contribution in [0.25, 0.3) is 0 Å². The molecule has 1 N–H and O–H groups in total. The number of rotatable bonds is 3. The van der Waals surface area contributed by atoms with Gasteiger partial charge in [-0.3, -0.25) is 4.98 Å². The second-order valence-electron chi connectivity index (χ2n) is 3.02. The van der Waals surface area contributed by atoms with Crippen molar-refractivity contribution >= 4 is 5.69 Å². The molecule has 2 aromatic heterocycles. The molecule has 2 heterocycles. The van der Waals surface area contributed by atoms with Crippen LogP contribution in [0.1, 0.15) is 11.1 Å². The third-order valence-electron chi connectivity index (χ3n) is 2.00. The Labute approximate surface area is 87.2 Å². The SMILES string of the molecule is N#Cc1ccncc1NCc1ccoc1. The van der Waals surface area contributed by atoms with Crippen molar-refractivity contribution in [3.63, 3.8) is 0 Å². The van der Waals surface area contributed by atoms with Gasteiger partial charge in [-0.15, -0.1) is 0 Å². The Bertz CT molecular complexity index is 471. The molecule has 0 aliphatic rings. The molecule has 0 bridgehead atoms. The molecular formula is C11H9N3O. The van der Waals surface area contributed by atoms with Gasteiger partial charge in [0.1, 0.15) is 6.07 Å². The highest BCUT2D eigenvalue weighted by atomic mass is 16.3. The van der Waals surface area contributed by atoms with E-state index in [0.29, 0.717) is 12.1 Å². The van der Waals surface area contributed by atoms with E-state index in [2.05, 4.69) is 16.4 Å². The Balaban J connectivity index is 2.08. The second kappa shape index (κ2) is 4.29. The molecule has 0 amide bonds. The molecule has 0 atom stereocenters. The summed E-state index contributed by atoms with van der Waals surface area (Å²) in [5.74, 6) is 0. The Kier molecular flexibility index (Phi) is 2.65. The number of furan rings is 1. The predicted molar refractivity (Wildman–Crippen MR) is 55.0 cm³/mol. The monoisotopic (exact) mass is 199 g/mol. The van der Waals surface area contributed by atoms with Crippen molar-refractivity contribution in [2.75, 3.05) is 5.32 Å². The van der Waals surface area contributed by atoms with E-state index in [9.17, 15) is 0 Å². The smallest absolute Gasteiger partial charge is 0.101 e. The number of hydrogen-bond donors (Lipinski definition) is 1. The number of pyridine rings is 1. The van der Waals surface area contributed by atoms with Crippen LogP contribution in [0.5, 0.6) is 0 Å². The zero-order valence-corrected chi connectivity index (χ0v) is 7.97. The molecule has 0 saturated heterocycles. The first kappa shape index (κ1) is 9.28. The maximum absolute atomic E-state index is 8.84. The van der Waals surface area contributed by atoms with Crippen LogP contribution in [-0.4, -0.2) is 4.98 Å². The van der Waals surface area contributed by atoms with Crippen LogP contribution in [0.15, 0.2) is 41.5 Å².